The fraction of sp³-hybridized carbons (Fsp3) is 0.409. The topological polar surface area (TPSA) is 224 Å². The fourth-order valence-corrected chi connectivity index (χ4v) is 3.27. The van der Waals surface area contributed by atoms with E-state index in [2.05, 4.69) is 20.9 Å². The first-order valence-electron chi connectivity index (χ1n) is 10.7. The molecule has 35 heavy (non-hydrogen) atoms. The average Bonchev–Trinajstić information content (AvgIpc) is 3.19. The van der Waals surface area contributed by atoms with Gasteiger partial charge in [0.2, 0.25) is 17.7 Å². The Bertz CT molecular complexity index is 1100. The van der Waals surface area contributed by atoms with Crippen LogP contribution in [0.15, 0.2) is 30.5 Å². The van der Waals surface area contributed by atoms with Crippen LogP contribution < -0.4 is 21.7 Å². The van der Waals surface area contributed by atoms with Gasteiger partial charge >= 0.3 is 11.9 Å². The first kappa shape index (κ1) is 27.3. The number of hydrogen-bond acceptors (Lipinski definition) is 7. The molecule has 5 atom stereocenters. The molecule has 13 nitrogen and oxygen atoms in total. The molecule has 5 unspecified atom stereocenters. The predicted molar refractivity (Wildman–Crippen MR) is 123 cm³/mol. The molecule has 1 heterocycles. The molecular formula is C22H29N5O8. The Morgan fingerprint density at radius 1 is 0.943 bits per heavy atom. The third-order valence-corrected chi connectivity index (χ3v) is 5.30. The molecule has 1 aromatic carbocycles. The molecule has 13 heteroatoms. The fourth-order valence-electron chi connectivity index (χ4n) is 3.27. The lowest BCUT2D eigenvalue weighted by Gasteiger charge is -2.24. The summed E-state index contributed by atoms with van der Waals surface area (Å²) in [6, 6.07) is 1.83. The lowest BCUT2D eigenvalue weighted by Crippen LogP contribution is -2.58. The van der Waals surface area contributed by atoms with Gasteiger partial charge in [-0.15, -0.1) is 0 Å². The van der Waals surface area contributed by atoms with Crippen molar-refractivity contribution >= 4 is 40.6 Å². The summed E-state index contributed by atoms with van der Waals surface area (Å²) < 4.78 is 0. The van der Waals surface area contributed by atoms with E-state index in [0.717, 1.165) is 10.9 Å². The summed E-state index contributed by atoms with van der Waals surface area (Å²) in [5.74, 6) is -5.45. The Hall–Kier alpha value is -3.97. The Kier molecular flexibility index (Phi) is 9.31. The molecule has 2 aromatic rings. The van der Waals surface area contributed by atoms with E-state index in [1.165, 1.54) is 13.8 Å². The van der Waals surface area contributed by atoms with E-state index in [1.807, 2.05) is 18.2 Å². The number of para-hydroxylation sites is 1. The van der Waals surface area contributed by atoms with Crippen LogP contribution in [0.2, 0.25) is 0 Å². The SMILES string of the molecule is CC(NC(=O)C(Cc1c[nH]c2ccccc12)NC(=O)C(N)C(C)O)C(=O)NC(CC(=O)O)C(=O)O. The Balaban J connectivity index is 2.19. The highest BCUT2D eigenvalue weighted by Gasteiger charge is 2.30. The van der Waals surface area contributed by atoms with Gasteiger partial charge in [0.25, 0.3) is 0 Å². The number of aromatic amines is 1. The molecule has 0 saturated carbocycles. The highest BCUT2D eigenvalue weighted by atomic mass is 16.4. The van der Waals surface area contributed by atoms with Crippen LogP contribution in [-0.2, 0) is 30.4 Å². The van der Waals surface area contributed by atoms with Gasteiger partial charge in [-0.2, -0.15) is 0 Å². The molecule has 0 radical (unpaired) electrons. The normalized spacial score (nSPS) is 15.3. The van der Waals surface area contributed by atoms with E-state index in [9.17, 15) is 29.1 Å². The molecule has 0 aliphatic heterocycles. The summed E-state index contributed by atoms with van der Waals surface area (Å²) in [5, 5.41) is 35.3. The maximum absolute atomic E-state index is 13.0. The van der Waals surface area contributed by atoms with Gasteiger partial charge in [-0.25, -0.2) is 4.79 Å². The van der Waals surface area contributed by atoms with Crippen molar-refractivity contribution in [3.05, 3.63) is 36.0 Å². The molecule has 0 bridgehead atoms. The second-order valence-corrected chi connectivity index (χ2v) is 8.12. The average molecular weight is 492 g/mol. The number of carbonyl (C=O) groups excluding carboxylic acids is 3. The number of aromatic nitrogens is 1. The summed E-state index contributed by atoms with van der Waals surface area (Å²) in [4.78, 5) is 62.9. The van der Waals surface area contributed by atoms with Crippen molar-refractivity contribution in [1.29, 1.82) is 0 Å². The van der Waals surface area contributed by atoms with Gasteiger partial charge in [-0.1, -0.05) is 18.2 Å². The van der Waals surface area contributed by atoms with Gasteiger partial charge in [-0.3, -0.25) is 19.2 Å². The number of carboxylic acids is 2. The number of H-pyrrole nitrogens is 1. The Morgan fingerprint density at radius 3 is 2.17 bits per heavy atom. The number of aliphatic hydroxyl groups is 1. The van der Waals surface area contributed by atoms with Crippen LogP contribution in [0.25, 0.3) is 10.9 Å². The number of hydrogen-bond donors (Lipinski definition) is 8. The van der Waals surface area contributed by atoms with Gasteiger partial charge in [0.1, 0.15) is 24.2 Å². The quantitative estimate of drug-likeness (QED) is 0.172. The molecular weight excluding hydrogens is 462 g/mol. The molecule has 0 aliphatic carbocycles. The number of carbonyl (C=O) groups is 5. The molecule has 0 spiro atoms. The molecule has 0 aliphatic rings. The summed E-state index contributed by atoms with van der Waals surface area (Å²) in [6.45, 7) is 2.60. The van der Waals surface area contributed by atoms with Crippen LogP contribution in [-0.4, -0.2) is 80.2 Å². The maximum atomic E-state index is 13.0. The summed E-state index contributed by atoms with van der Waals surface area (Å²) in [5.41, 5.74) is 7.17. The standard InChI is InChI=1S/C22H29N5O8/c1-10(19(31)27-16(22(34)35)8-17(29)30)25-20(32)15(26-21(33)18(23)11(2)28)7-12-9-24-14-6-4-3-5-13(12)14/h3-6,9-11,15-16,18,24,28H,7-8,23H2,1-2H3,(H,25,32)(H,26,33)(H,27,31)(H,29,30)(H,34,35). The zero-order chi connectivity index (χ0) is 26.3. The monoisotopic (exact) mass is 491 g/mol. The maximum Gasteiger partial charge on any atom is 0.326 e. The van der Waals surface area contributed by atoms with Gasteiger partial charge in [-0.05, 0) is 25.5 Å². The van der Waals surface area contributed by atoms with Gasteiger partial charge < -0.3 is 42.0 Å². The number of nitrogens with one attached hydrogen (secondary N) is 4. The van der Waals surface area contributed by atoms with Crippen LogP contribution in [0.1, 0.15) is 25.8 Å². The molecule has 3 amide bonds. The Labute approximate surface area is 200 Å². The van der Waals surface area contributed by atoms with Crippen LogP contribution in [0, 0.1) is 0 Å². The van der Waals surface area contributed by atoms with Crippen molar-refractivity contribution in [2.45, 2.75) is 57.0 Å². The first-order valence-corrected chi connectivity index (χ1v) is 10.7. The minimum absolute atomic E-state index is 0.0131. The third kappa shape index (κ3) is 7.52. The van der Waals surface area contributed by atoms with Gasteiger partial charge in [0.15, 0.2) is 0 Å². The molecule has 0 fully saturated rings. The van der Waals surface area contributed by atoms with Crippen LogP contribution >= 0.6 is 0 Å². The van der Waals surface area contributed by atoms with E-state index in [4.69, 9.17) is 15.9 Å². The number of carboxylic acid groups (broad SMARTS) is 2. The van der Waals surface area contributed by atoms with E-state index in [1.54, 1.807) is 12.3 Å². The summed E-state index contributed by atoms with van der Waals surface area (Å²) in [6.07, 6.45) is -0.346. The van der Waals surface area contributed by atoms with Crippen molar-refractivity contribution < 1.29 is 39.3 Å². The van der Waals surface area contributed by atoms with Crippen LogP contribution in [0.4, 0.5) is 0 Å². The highest BCUT2D eigenvalue weighted by molar-refractivity contribution is 5.95. The van der Waals surface area contributed by atoms with Crippen molar-refractivity contribution in [2.24, 2.45) is 5.73 Å². The van der Waals surface area contributed by atoms with Crippen molar-refractivity contribution in [2.75, 3.05) is 0 Å². The van der Waals surface area contributed by atoms with E-state index in [-0.39, 0.29) is 6.42 Å². The molecule has 190 valence electrons. The number of aliphatic hydroxyl groups excluding tert-OH is 1. The second-order valence-electron chi connectivity index (χ2n) is 8.12. The Morgan fingerprint density at radius 2 is 1.57 bits per heavy atom. The van der Waals surface area contributed by atoms with Crippen molar-refractivity contribution in [1.82, 2.24) is 20.9 Å². The molecule has 9 N–H and O–H groups in total. The minimum atomic E-state index is -1.69. The minimum Gasteiger partial charge on any atom is -0.481 e. The van der Waals surface area contributed by atoms with E-state index in [0.29, 0.717) is 5.56 Å². The number of aliphatic carboxylic acids is 2. The second kappa shape index (κ2) is 11.9. The number of fused-ring (bicyclic) bond motifs is 1. The summed E-state index contributed by atoms with van der Waals surface area (Å²) in [7, 11) is 0. The highest BCUT2D eigenvalue weighted by Crippen LogP contribution is 2.19. The number of benzene rings is 1. The van der Waals surface area contributed by atoms with Gasteiger partial charge in [0, 0.05) is 23.5 Å². The van der Waals surface area contributed by atoms with Crippen LogP contribution in [0.3, 0.4) is 0 Å². The predicted octanol–water partition coefficient (Wildman–Crippen LogP) is -1.55. The number of amides is 3. The number of rotatable bonds is 12. The zero-order valence-electron chi connectivity index (χ0n) is 19.1. The molecule has 2 rings (SSSR count). The van der Waals surface area contributed by atoms with Crippen LogP contribution in [0.5, 0.6) is 0 Å². The largest absolute Gasteiger partial charge is 0.481 e. The van der Waals surface area contributed by atoms with Gasteiger partial charge in [0.05, 0.1) is 12.5 Å². The van der Waals surface area contributed by atoms with E-state index < -0.39 is 66.4 Å². The lowest BCUT2D eigenvalue weighted by molar-refractivity contribution is -0.147. The third-order valence-electron chi connectivity index (χ3n) is 5.30. The lowest BCUT2D eigenvalue weighted by atomic mass is 10.0. The molecule has 1 aromatic heterocycles. The summed E-state index contributed by atoms with van der Waals surface area (Å²) >= 11 is 0. The van der Waals surface area contributed by atoms with E-state index >= 15 is 0 Å². The first-order chi connectivity index (χ1) is 16.4. The van der Waals surface area contributed by atoms with Crippen molar-refractivity contribution in [3.8, 4) is 0 Å². The molecule has 0 saturated heterocycles. The zero-order valence-corrected chi connectivity index (χ0v) is 19.1. The van der Waals surface area contributed by atoms with Crippen molar-refractivity contribution in [3.63, 3.8) is 0 Å². The smallest absolute Gasteiger partial charge is 0.326 e. The number of nitrogens with two attached hydrogens (primary N) is 1.